The largest absolute Gasteiger partial charge is 0.480 e. The molecular weight excluding hydrogens is 258 g/mol. The van der Waals surface area contributed by atoms with E-state index in [1.807, 2.05) is 0 Å². The highest BCUT2D eigenvalue weighted by Crippen LogP contribution is 2.17. The van der Waals surface area contributed by atoms with Crippen LogP contribution in [0.25, 0.3) is 0 Å². The zero-order valence-electron chi connectivity index (χ0n) is 12.9. The van der Waals surface area contributed by atoms with Gasteiger partial charge in [-0.2, -0.15) is 0 Å². The number of nitrogens with one attached hydrogen (secondary N) is 1. The van der Waals surface area contributed by atoms with Gasteiger partial charge in [0.05, 0.1) is 0 Å². The van der Waals surface area contributed by atoms with Gasteiger partial charge >= 0.3 is 12.0 Å². The third-order valence-corrected chi connectivity index (χ3v) is 3.95. The highest BCUT2D eigenvalue weighted by atomic mass is 16.4. The van der Waals surface area contributed by atoms with Crippen molar-refractivity contribution >= 4 is 12.0 Å². The molecule has 2 atom stereocenters. The highest BCUT2D eigenvalue weighted by molar-refractivity contribution is 5.82. The lowest BCUT2D eigenvalue weighted by atomic mass is 10.1. The Balaban J connectivity index is 2.52. The molecule has 20 heavy (non-hydrogen) atoms. The van der Waals surface area contributed by atoms with Crippen LogP contribution in [0.2, 0.25) is 0 Å². The Bertz CT molecular complexity index is 347. The van der Waals surface area contributed by atoms with E-state index in [1.165, 1.54) is 0 Å². The van der Waals surface area contributed by atoms with Gasteiger partial charge in [-0.05, 0) is 31.8 Å². The maximum Gasteiger partial charge on any atom is 0.326 e. The summed E-state index contributed by atoms with van der Waals surface area (Å²) in [5.74, 6) is -1.12. The van der Waals surface area contributed by atoms with Gasteiger partial charge in [-0.1, -0.05) is 20.8 Å². The smallest absolute Gasteiger partial charge is 0.326 e. The molecule has 1 rings (SSSR count). The van der Waals surface area contributed by atoms with Crippen molar-refractivity contribution in [3.8, 4) is 0 Å². The van der Waals surface area contributed by atoms with E-state index in [0.717, 1.165) is 25.9 Å². The van der Waals surface area contributed by atoms with Gasteiger partial charge in [0.2, 0.25) is 0 Å². The predicted molar refractivity (Wildman–Crippen MR) is 77.7 cm³/mol. The molecule has 1 aliphatic heterocycles. The van der Waals surface area contributed by atoms with Gasteiger partial charge in [0.25, 0.3) is 0 Å². The average molecular weight is 285 g/mol. The first-order valence-corrected chi connectivity index (χ1v) is 7.35. The van der Waals surface area contributed by atoms with Crippen LogP contribution in [-0.2, 0) is 4.79 Å². The van der Waals surface area contributed by atoms with Crippen molar-refractivity contribution < 1.29 is 14.7 Å². The summed E-state index contributed by atoms with van der Waals surface area (Å²) in [4.78, 5) is 27.1. The molecule has 6 nitrogen and oxygen atoms in total. The minimum atomic E-state index is -0.988. The molecule has 1 aliphatic rings. The summed E-state index contributed by atoms with van der Waals surface area (Å²) < 4.78 is 0. The van der Waals surface area contributed by atoms with Crippen molar-refractivity contribution in [2.75, 3.05) is 26.7 Å². The van der Waals surface area contributed by atoms with E-state index in [9.17, 15) is 9.59 Å². The first-order valence-electron chi connectivity index (χ1n) is 7.35. The fourth-order valence-corrected chi connectivity index (χ4v) is 2.67. The molecule has 1 heterocycles. The Kier molecular flexibility index (Phi) is 6.26. The number of carbonyl (C=O) groups is 2. The fourth-order valence-electron chi connectivity index (χ4n) is 2.67. The number of hydrogen-bond acceptors (Lipinski definition) is 3. The standard InChI is InChI=1S/C14H27N3O3/c1-5-17-8-6-7-11(17)9-16(4)14(20)15-12(10(2)3)13(18)19/h10-12H,5-9H2,1-4H3,(H,15,20)(H,18,19)/t11?,12-/m1/s1. The van der Waals surface area contributed by atoms with E-state index in [2.05, 4.69) is 17.1 Å². The summed E-state index contributed by atoms with van der Waals surface area (Å²) in [5, 5.41) is 11.7. The molecule has 0 spiro atoms. The molecular formula is C14H27N3O3. The van der Waals surface area contributed by atoms with Crippen LogP contribution in [0.4, 0.5) is 4.79 Å². The van der Waals surface area contributed by atoms with E-state index < -0.39 is 12.0 Å². The molecule has 116 valence electrons. The lowest BCUT2D eigenvalue weighted by Gasteiger charge is -2.29. The zero-order valence-corrected chi connectivity index (χ0v) is 12.9. The number of carbonyl (C=O) groups excluding carboxylic acids is 1. The van der Waals surface area contributed by atoms with Crippen molar-refractivity contribution in [3.05, 3.63) is 0 Å². The number of carboxylic acids is 1. The first kappa shape index (κ1) is 16.8. The Morgan fingerprint density at radius 1 is 1.45 bits per heavy atom. The Labute approximate surface area is 121 Å². The summed E-state index contributed by atoms with van der Waals surface area (Å²) >= 11 is 0. The van der Waals surface area contributed by atoms with Crippen LogP contribution in [0.5, 0.6) is 0 Å². The number of urea groups is 1. The van der Waals surface area contributed by atoms with Gasteiger partial charge < -0.3 is 15.3 Å². The quantitative estimate of drug-likeness (QED) is 0.769. The second-order valence-electron chi connectivity index (χ2n) is 5.81. The minimum absolute atomic E-state index is 0.136. The van der Waals surface area contributed by atoms with Crippen molar-refractivity contribution in [1.29, 1.82) is 0 Å². The van der Waals surface area contributed by atoms with Crippen molar-refractivity contribution in [1.82, 2.24) is 15.1 Å². The normalized spacial score (nSPS) is 20.9. The van der Waals surface area contributed by atoms with Gasteiger partial charge in [-0.25, -0.2) is 9.59 Å². The number of amides is 2. The van der Waals surface area contributed by atoms with Crippen molar-refractivity contribution in [2.24, 2.45) is 5.92 Å². The van der Waals surface area contributed by atoms with Crippen LogP contribution in [0, 0.1) is 5.92 Å². The maximum atomic E-state index is 12.1. The number of likely N-dealkylation sites (tertiary alicyclic amines) is 1. The molecule has 0 radical (unpaired) electrons. The molecule has 1 fully saturated rings. The summed E-state index contributed by atoms with van der Waals surface area (Å²) in [6.45, 7) is 8.41. The topological polar surface area (TPSA) is 72.9 Å². The molecule has 2 amide bonds. The fraction of sp³-hybridized carbons (Fsp3) is 0.857. The first-order chi connectivity index (χ1) is 9.36. The summed E-state index contributed by atoms with van der Waals surface area (Å²) in [7, 11) is 1.72. The number of carboxylic acid groups (broad SMARTS) is 1. The van der Waals surface area contributed by atoms with E-state index in [0.29, 0.717) is 12.6 Å². The molecule has 0 aromatic heterocycles. The Morgan fingerprint density at radius 3 is 2.60 bits per heavy atom. The van der Waals surface area contributed by atoms with Crippen molar-refractivity contribution in [3.63, 3.8) is 0 Å². The number of likely N-dealkylation sites (N-methyl/N-ethyl adjacent to an activating group) is 2. The van der Waals surface area contributed by atoms with Crippen LogP contribution >= 0.6 is 0 Å². The van der Waals surface area contributed by atoms with Gasteiger partial charge in [0.15, 0.2) is 0 Å². The SMILES string of the molecule is CCN1CCCC1CN(C)C(=O)N[C@@H](C(=O)O)C(C)C. The van der Waals surface area contributed by atoms with E-state index in [4.69, 9.17) is 5.11 Å². The van der Waals surface area contributed by atoms with Crippen LogP contribution in [0.15, 0.2) is 0 Å². The number of rotatable bonds is 6. The predicted octanol–water partition coefficient (Wildman–Crippen LogP) is 1.22. The van der Waals surface area contributed by atoms with Gasteiger partial charge in [0.1, 0.15) is 6.04 Å². The molecule has 0 bridgehead atoms. The van der Waals surface area contributed by atoms with Crippen LogP contribution in [0.3, 0.4) is 0 Å². The number of hydrogen-bond donors (Lipinski definition) is 2. The summed E-state index contributed by atoms with van der Waals surface area (Å²) in [6.07, 6.45) is 2.26. The molecule has 0 aliphatic carbocycles. The van der Waals surface area contributed by atoms with Gasteiger partial charge in [0, 0.05) is 19.6 Å². The third-order valence-electron chi connectivity index (χ3n) is 3.95. The Morgan fingerprint density at radius 2 is 2.10 bits per heavy atom. The summed E-state index contributed by atoms with van der Waals surface area (Å²) in [5.41, 5.74) is 0. The van der Waals surface area contributed by atoms with Gasteiger partial charge in [-0.3, -0.25) is 4.90 Å². The lowest BCUT2D eigenvalue weighted by Crippen LogP contribution is -2.51. The minimum Gasteiger partial charge on any atom is -0.480 e. The third kappa shape index (κ3) is 4.37. The number of nitrogens with zero attached hydrogens (tertiary/aromatic N) is 2. The molecule has 6 heteroatoms. The molecule has 1 saturated heterocycles. The Hall–Kier alpha value is -1.30. The maximum absolute atomic E-state index is 12.1. The van der Waals surface area contributed by atoms with Gasteiger partial charge in [-0.15, -0.1) is 0 Å². The second kappa shape index (κ2) is 7.47. The average Bonchev–Trinajstić information content (AvgIpc) is 2.81. The molecule has 0 aromatic carbocycles. The second-order valence-corrected chi connectivity index (χ2v) is 5.81. The number of aliphatic carboxylic acids is 1. The van der Waals surface area contributed by atoms with Crippen LogP contribution < -0.4 is 5.32 Å². The highest BCUT2D eigenvalue weighted by Gasteiger charge is 2.28. The lowest BCUT2D eigenvalue weighted by molar-refractivity contribution is -0.140. The zero-order chi connectivity index (χ0) is 15.3. The molecule has 0 saturated carbocycles. The molecule has 2 N–H and O–H groups in total. The monoisotopic (exact) mass is 285 g/mol. The van der Waals surface area contributed by atoms with Crippen molar-refractivity contribution in [2.45, 2.75) is 45.7 Å². The van der Waals surface area contributed by atoms with Crippen LogP contribution in [-0.4, -0.2) is 65.7 Å². The van der Waals surface area contributed by atoms with Crippen LogP contribution in [0.1, 0.15) is 33.6 Å². The van der Waals surface area contributed by atoms with E-state index >= 15 is 0 Å². The summed E-state index contributed by atoms with van der Waals surface area (Å²) in [6, 6.07) is -0.761. The van der Waals surface area contributed by atoms with E-state index in [-0.39, 0.29) is 11.9 Å². The molecule has 1 unspecified atom stereocenters. The van der Waals surface area contributed by atoms with E-state index in [1.54, 1.807) is 25.8 Å². The molecule has 0 aromatic rings.